The first-order chi connectivity index (χ1) is 13.6. The molecule has 0 radical (unpaired) electrons. The van der Waals surface area contributed by atoms with E-state index in [1.54, 1.807) is 12.1 Å². The fourth-order valence-corrected chi connectivity index (χ4v) is 3.25. The number of aromatic nitrogens is 2. The van der Waals surface area contributed by atoms with Gasteiger partial charge < -0.3 is 21.3 Å². The number of hydrogen-bond donors (Lipinski definition) is 3. The van der Waals surface area contributed by atoms with Crippen LogP contribution in [0.25, 0.3) is 0 Å². The zero-order valence-electron chi connectivity index (χ0n) is 16.0. The molecule has 146 valence electrons. The highest BCUT2D eigenvalue weighted by atomic mass is 16.1. The van der Waals surface area contributed by atoms with E-state index in [2.05, 4.69) is 38.5 Å². The number of aryl methyl sites for hydroxylation is 1. The number of nitrogens with two attached hydrogens (primary N) is 1. The molecule has 1 unspecified atom stereocenters. The molecule has 8 heteroatoms. The van der Waals surface area contributed by atoms with Crippen LogP contribution >= 0.6 is 0 Å². The Morgan fingerprint density at radius 1 is 1.39 bits per heavy atom. The molecular formula is C20H25N7O. The molecule has 0 saturated carbocycles. The Bertz CT molecular complexity index is 877. The standard InChI is InChI=1S/C20H25N7O/c1-2-4-15-10-18(27-8-7-17(13-27)23-19(28)12-22)26-20(24-15)25-16-6-3-5-14(9-16)11-21/h3,5-6,9-10,17H,2,4,7-8,12-13,22H2,1H3,(H,23,28)(H,24,25,26). The smallest absolute Gasteiger partial charge is 0.234 e. The average molecular weight is 379 g/mol. The van der Waals surface area contributed by atoms with Gasteiger partial charge in [0.05, 0.1) is 18.2 Å². The zero-order valence-corrected chi connectivity index (χ0v) is 16.0. The van der Waals surface area contributed by atoms with Crippen molar-refractivity contribution >= 4 is 23.4 Å². The normalized spacial score (nSPS) is 15.9. The van der Waals surface area contributed by atoms with Crippen LogP contribution in [0.4, 0.5) is 17.5 Å². The summed E-state index contributed by atoms with van der Waals surface area (Å²) in [5.74, 6) is 1.20. The van der Waals surface area contributed by atoms with Crippen LogP contribution in [-0.4, -0.2) is 41.6 Å². The first-order valence-corrected chi connectivity index (χ1v) is 9.50. The van der Waals surface area contributed by atoms with E-state index >= 15 is 0 Å². The molecule has 2 aromatic rings. The summed E-state index contributed by atoms with van der Waals surface area (Å²) in [7, 11) is 0. The molecule has 1 atom stereocenters. The molecule has 1 aromatic carbocycles. The molecule has 1 aliphatic rings. The number of carbonyl (C=O) groups is 1. The van der Waals surface area contributed by atoms with Gasteiger partial charge in [-0.1, -0.05) is 19.4 Å². The quantitative estimate of drug-likeness (QED) is 0.669. The second-order valence-corrected chi connectivity index (χ2v) is 6.81. The van der Waals surface area contributed by atoms with E-state index in [4.69, 9.17) is 11.0 Å². The molecule has 1 amide bonds. The lowest BCUT2D eigenvalue weighted by Crippen LogP contribution is -2.40. The third kappa shape index (κ3) is 4.96. The largest absolute Gasteiger partial charge is 0.354 e. The summed E-state index contributed by atoms with van der Waals surface area (Å²) in [6.45, 7) is 3.61. The summed E-state index contributed by atoms with van der Waals surface area (Å²) >= 11 is 0. The molecule has 0 aliphatic carbocycles. The molecule has 28 heavy (non-hydrogen) atoms. The Morgan fingerprint density at radius 3 is 3.00 bits per heavy atom. The van der Waals surface area contributed by atoms with Gasteiger partial charge in [-0.2, -0.15) is 10.2 Å². The summed E-state index contributed by atoms with van der Waals surface area (Å²) in [5, 5.41) is 15.2. The van der Waals surface area contributed by atoms with Crippen LogP contribution in [0.3, 0.4) is 0 Å². The van der Waals surface area contributed by atoms with Crippen LogP contribution < -0.4 is 21.3 Å². The van der Waals surface area contributed by atoms with Gasteiger partial charge in [0.2, 0.25) is 11.9 Å². The number of nitrogens with zero attached hydrogens (tertiary/aromatic N) is 4. The number of carbonyl (C=O) groups excluding carboxylic acids is 1. The maximum Gasteiger partial charge on any atom is 0.234 e. The van der Waals surface area contributed by atoms with Crippen molar-refractivity contribution in [3.63, 3.8) is 0 Å². The molecule has 1 saturated heterocycles. The van der Waals surface area contributed by atoms with Crippen molar-refractivity contribution in [2.24, 2.45) is 5.73 Å². The van der Waals surface area contributed by atoms with Gasteiger partial charge in [0.15, 0.2) is 0 Å². The average Bonchev–Trinajstić information content (AvgIpc) is 3.16. The number of hydrogen-bond acceptors (Lipinski definition) is 7. The van der Waals surface area contributed by atoms with Crippen molar-refractivity contribution in [2.75, 3.05) is 29.9 Å². The molecule has 1 aliphatic heterocycles. The summed E-state index contributed by atoms with van der Waals surface area (Å²) < 4.78 is 0. The van der Waals surface area contributed by atoms with Gasteiger partial charge in [0.25, 0.3) is 0 Å². The van der Waals surface area contributed by atoms with E-state index in [1.165, 1.54) is 0 Å². The molecular weight excluding hydrogens is 354 g/mol. The lowest BCUT2D eigenvalue weighted by molar-refractivity contribution is -0.120. The van der Waals surface area contributed by atoms with Gasteiger partial charge in [0.1, 0.15) is 5.82 Å². The van der Waals surface area contributed by atoms with Crippen molar-refractivity contribution < 1.29 is 4.79 Å². The van der Waals surface area contributed by atoms with Crippen molar-refractivity contribution in [2.45, 2.75) is 32.2 Å². The highest BCUT2D eigenvalue weighted by Crippen LogP contribution is 2.23. The number of anilines is 3. The molecule has 2 heterocycles. The van der Waals surface area contributed by atoms with Crippen LogP contribution in [0.2, 0.25) is 0 Å². The number of amides is 1. The minimum Gasteiger partial charge on any atom is -0.354 e. The van der Waals surface area contributed by atoms with E-state index in [0.29, 0.717) is 18.1 Å². The van der Waals surface area contributed by atoms with Gasteiger partial charge in [-0.3, -0.25) is 4.79 Å². The number of rotatable bonds is 7. The Labute approximate surface area is 164 Å². The summed E-state index contributed by atoms with van der Waals surface area (Å²) in [5.41, 5.74) is 7.70. The number of nitriles is 1. The lowest BCUT2D eigenvalue weighted by Gasteiger charge is -2.19. The van der Waals surface area contributed by atoms with E-state index in [-0.39, 0.29) is 18.5 Å². The van der Waals surface area contributed by atoms with Crippen molar-refractivity contribution in [3.8, 4) is 6.07 Å². The maximum absolute atomic E-state index is 11.5. The van der Waals surface area contributed by atoms with Crippen molar-refractivity contribution in [1.29, 1.82) is 5.26 Å². The summed E-state index contributed by atoms with van der Waals surface area (Å²) in [6.07, 6.45) is 2.68. The van der Waals surface area contributed by atoms with Crippen molar-refractivity contribution in [1.82, 2.24) is 15.3 Å². The molecule has 4 N–H and O–H groups in total. The van der Waals surface area contributed by atoms with Crippen LogP contribution in [-0.2, 0) is 11.2 Å². The Hall–Kier alpha value is -3.18. The first kappa shape index (κ1) is 19.6. The summed E-state index contributed by atoms with van der Waals surface area (Å²) in [6, 6.07) is 11.4. The Balaban J connectivity index is 1.80. The molecule has 1 fully saturated rings. The topological polar surface area (TPSA) is 120 Å². The minimum absolute atomic E-state index is 0.000480. The van der Waals surface area contributed by atoms with E-state index in [1.807, 2.05) is 18.2 Å². The fraction of sp³-hybridized carbons (Fsp3) is 0.400. The highest BCUT2D eigenvalue weighted by molar-refractivity contribution is 5.78. The van der Waals surface area contributed by atoms with Gasteiger partial charge in [-0.05, 0) is 31.0 Å². The second-order valence-electron chi connectivity index (χ2n) is 6.81. The van der Waals surface area contributed by atoms with E-state index < -0.39 is 0 Å². The third-order valence-corrected chi connectivity index (χ3v) is 4.58. The monoisotopic (exact) mass is 379 g/mol. The number of benzene rings is 1. The fourth-order valence-electron chi connectivity index (χ4n) is 3.25. The predicted octanol–water partition coefficient (Wildman–Crippen LogP) is 1.70. The predicted molar refractivity (Wildman–Crippen MR) is 108 cm³/mol. The summed E-state index contributed by atoms with van der Waals surface area (Å²) in [4.78, 5) is 23.0. The minimum atomic E-state index is -0.138. The highest BCUT2D eigenvalue weighted by Gasteiger charge is 2.25. The lowest BCUT2D eigenvalue weighted by atomic mass is 10.2. The van der Waals surface area contributed by atoms with E-state index in [9.17, 15) is 4.79 Å². The Kier molecular flexibility index (Phi) is 6.40. The third-order valence-electron chi connectivity index (χ3n) is 4.58. The Morgan fingerprint density at radius 2 is 2.25 bits per heavy atom. The van der Waals surface area contributed by atoms with Gasteiger partial charge >= 0.3 is 0 Å². The van der Waals surface area contributed by atoms with Crippen LogP contribution in [0.15, 0.2) is 30.3 Å². The molecule has 8 nitrogen and oxygen atoms in total. The van der Waals surface area contributed by atoms with Gasteiger partial charge in [0, 0.05) is 36.6 Å². The maximum atomic E-state index is 11.5. The van der Waals surface area contributed by atoms with Crippen LogP contribution in [0, 0.1) is 11.3 Å². The molecule has 3 rings (SSSR count). The van der Waals surface area contributed by atoms with Crippen molar-refractivity contribution in [3.05, 3.63) is 41.6 Å². The van der Waals surface area contributed by atoms with Crippen LogP contribution in [0.1, 0.15) is 31.0 Å². The SMILES string of the molecule is CCCc1cc(N2CCC(NC(=O)CN)C2)nc(Nc2cccc(C#N)c2)n1. The van der Waals surface area contributed by atoms with Gasteiger partial charge in [-0.15, -0.1) is 0 Å². The molecule has 0 bridgehead atoms. The van der Waals surface area contributed by atoms with Crippen LogP contribution in [0.5, 0.6) is 0 Å². The zero-order chi connectivity index (χ0) is 19.9. The van der Waals surface area contributed by atoms with E-state index in [0.717, 1.165) is 43.0 Å². The second kappa shape index (κ2) is 9.15. The molecule has 0 spiro atoms. The van der Waals surface area contributed by atoms with Gasteiger partial charge in [-0.25, -0.2) is 4.98 Å². The first-order valence-electron chi connectivity index (χ1n) is 9.50. The number of nitrogens with one attached hydrogen (secondary N) is 2. The molecule has 1 aromatic heterocycles.